The Bertz CT molecular complexity index is 97.8. The number of hydrogen-bond acceptors (Lipinski definition) is 2. The van der Waals surface area contributed by atoms with Crippen LogP contribution < -0.4 is 0 Å². The molecule has 2 unspecified atom stereocenters. The molecular weight excluding hydrogens is 147 g/mol. The van der Waals surface area contributed by atoms with E-state index in [-0.39, 0.29) is 6.61 Å². The molecule has 0 aromatic heterocycles. The maximum atomic E-state index is 12.1. The van der Waals surface area contributed by atoms with Crippen molar-refractivity contribution in [2.75, 3.05) is 6.61 Å². The molecule has 0 spiro atoms. The smallest absolute Gasteiger partial charge is 0.284 e. The molecule has 0 heterocycles. The van der Waals surface area contributed by atoms with Crippen LogP contribution in [0.5, 0.6) is 0 Å². The maximum Gasteiger partial charge on any atom is 0.301 e. The highest BCUT2D eigenvalue weighted by atomic mass is 32.2. The summed E-state index contributed by atoms with van der Waals surface area (Å²) in [6.07, 6.45) is -0.835. The van der Waals surface area contributed by atoms with Crippen molar-refractivity contribution in [1.29, 1.82) is 0 Å². The highest BCUT2D eigenvalue weighted by Gasteiger charge is 2.04. The summed E-state index contributed by atoms with van der Waals surface area (Å²) in [5, 5.41) is 0. The summed E-state index contributed by atoms with van der Waals surface area (Å²) in [4.78, 5) is 0. The zero-order valence-corrected chi connectivity index (χ0v) is 5.86. The van der Waals surface area contributed by atoms with E-state index in [1.807, 2.05) is 0 Å². The second kappa shape index (κ2) is 4.84. The maximum absolute atomic E-state index is 12.1. The number of halogens is 1. The number of alkyl halides is 1. The summed E-state index contributed by atoms with van der Waals surface area (Å²) in [7, 11) is 0. The predicted molar refractivity (Wildman–Crippen MR) is 31.9 cm³/mol. The van der Waals surface area contributed by atoms with Gasteiger partial charge in [-0.15, -0.1) is 0 Å². The first-order valence-electron chi connectivity index (χ1n) is 2.55. The van der Waals surface area contributed by atoms with Gasteiger partial charge in [0.25, 0.3) is 0 Å². The summed E-state index contributed by atoms with van der Waals surface area (Å²) >= 11 is -2.33. The van der Waals surface area contributed by atoms with Gasteiger partial charge >= 0.3 is 11.4 Å². The van der Waals surface area contributed by atoms with Crippen LogP contribution in [0.1, 0.15) is 13.3 Å². The second-order valence-electron chi connectivity index (χ2n) is 1.51. The molecule has 0 aliphatic rings. The van der Waals surface area contributed by atoms with E-state index in [1.165, 1.54) is 0 Å². The van der Waals surface area contributed by atoms with E-state index in [1.54, 1.807) is 6.92 Å². The molecule has 2 atom stereocenters. The minimum absolute atomic E-state index is 0.303. The molecule has 0 fully saturated rings. The first kappa shape index (κ1) is 9.00. The summed E-state index contributed by atoms with van der Waals surface area (Å²) in [5.41, 5.74) is 0. The molecule has 0 rings (SSSR count). The SMILES string of the molecule is CCC(F)COS(=O)O. The third-order valence-corrected chi connectivity index (χ3v) is 1.13. The molecule has 1 N–H and O–H groups in total. The van der Waals surface area contributed by atoms with Crippen molar-refractivity contribution in [3.05, 3.63) is 0 Å². The molecule has 56 valence electrons. The van der Waals surface area contributed by atoms with Crippen LogP contribution in [0.15, 0.2) is 0 Å². The quantitative estimate of drug-likeness (QED) is 0.615. The lowest BCUT2D eigenvalue weighted by Crippen LogP contribution is -2.09. The van der Waals surface area contributed by atoms with Crippen LogP contribution >= 0.6 is 0 Å². The second-order valence-corrected chi connectivity index (χ2v) is 2.18. The van der Waals surface area contributed by atoms with Crippen LogP contribution in [0.2, 0.25) is 0 Å². The number of rotatable bonds is 4. The van der Waals surface area contributed by atoms with Gasteiger partial charge < -0.3 is 0 Å². The van der Waals surface area contributed by atoms with Gasteiger partial charge in [0.15, 0.2) is 0 Å². The Hall–Kier alpha value is -0.0000000000000000486. The van der Waals surface area contributed by atoms with Crippen LogP contribution in [0.4, 0.5) is 4.39 Å². The van der Waals surface area contributed by atoms with Crippen molar-refractivity contribution in [2.24, 2.45) is 0 Å². The Labute approximate surface area is 55.7 Å². The minimum atomic E-state index is -2.33. The highest BCUT2D eigenvalue weighted by Crippen LogP contribution is 1.97. The van der Waals surface area contributed by atoms with Gasteiger partial charge in [0.05, 0.1) is 6.61 Å². The molecule has 0 radical (unpaired) electrons. The van der Waals surface area contributed by atoms with E-state index >= 15 is 0 Å². The molecule has 0 bridgehead atoms. The molecule has 0 saturated heterocycles. The van der Waals surface area contributed by atoms with Gasteiger partial charge in [0.2, 0.25) is 0 Å². The standard InChI is InChI=1S/C4H9FO3S/c1-2-4(5)3-8-9(6)7/h4H,2-3H2,1H3,(H,6,7). The Morgan fingerprint density at radius 2 is 2.44 bits per heavy atom. The van der Waals surface area contributed by atoms with E-state index in [2.05, 4.69) is 4.18 Å². The molecule has 9 heavy (non-hydrogen) atoms. The summed E-state index contributed by atoms with van der Waals surface area (Å²) in [6, 6.07) is 0. The molecular formula is C4H9FO3S. The van der Waals surface area contributed by atoms with Crippen LogP contribution in [0.25, 0.3) is 0 Å². The molecule has 0 amide bonds. The average Bonchev–Trinajstić information content (AvgIpc) is 1.83. The Morgan fingerprint density at radius 3 is 2.78 bits per heavy atom. The van der Waals surface area contributed by atoms with E-state index in [9.17, 15) is 8.60 Å². The van der Waals surface area contributed by atoms with Gasteiger partial charge in [-0.2, -0.15) is 4.21 Å². The van der Waals surface area contributed by atoms with E-state index in [4.69, 9.17) is 4.55 Å². The Balaban J connectivity index is 3.16. The van der Waals surface area contributed by atoms with Crippen LogP contribution in [-0.2, 0) is 15.5 Å². The van der Waals surface area contributed by atoms with E-state index in [0.29, 0.717) is 6.42 Å². The largest absolute Gasteiger partial charge is 0.301 e. The Kier molecular flexibility index (Phi) is 4.84. The lowest BCUT2D eigenvalue weighted by Gasteiger charge is -2.00. The zero-order valence-electron chi connectivity index (χ0n) is 5.04. The minimum Gasteiger partial charge on any atom is -0.284 e. The van der Waals surface area contributed by atoms with Crippen molar-refractivity contribution >= 4 is 11.4 Å². The fraction of sp³-hybridized carbons (Fsp3) is 1.00. The Morgan fingerprint density at radius 1 is 1.89 bits per heavy atom. The van der Waals surface area contributed by atoms with Gasteiger partial charge in [-0.1, -0.05) is 6.92 Å². The first-order valence-corrected chi connectivity index (χ1v) is 3.58. The summed E-state index contributed by atoms with van der Waals surface area (Å²) in [6.45, 7) is 1.33. The molecule has 0 aliphatic heterocycles. The van der Waals surface area contributed by atoms with Crippen molar-refractivity contribution in [1.82, 2.24) is 0 Å². The van der Waals surface area contributed by atoms with Gasteiger partial charge in [-0.3, -0.25) is 8.74 Å². The molecule has 5 heteroatoms. The van der Waals surface area contributed by atoms with Crippen molar-refractivity contribution in [2.45, 2.75) is 19.5 Å². The van der Waals surface area contributed by atoms with E-state index < -0.39 is 17.5 Å². The molecule has 0 aromatic carbocycles. The zero-order chi connectivity index (χ0) is 7.28. The normalized spacial score (nSPS) is 17.2. The molecule has 0 saturated carbocycles. The lowest BCUT2D eigenvalue weighted by atomic mass is 10.3. The molecule has 0 aliphatic carbocycles. The van der Waals surface area contributed by atoms with Crippen molar-refractivity contribution in [3.8, 4) is 0 Å². The summed E-state index contributed by atoms with van der Waals surface area (Å²) < 4.78 is 33.9. The average molecular weight is 156 g/mol. The summed E-state index contributed by atoms with van der Waals surface area (Å²) in [5.74, 6) is 0. The molecule has 0 aromatic rings. The highest BCUT2D eigenvalue weighted by molar-refractivity contribution is 7.74. The van der Waals surface area contributed by atoms with E-state index in [0.717, 1.165) is 0 Å². The van der Waals surface area contributed by atoms with Crippen LogP contribution in [0.3, 0.4) is 0 Å². The fourth-order valence-corrected chi connectivity index (χ4v) is 0.514. The number of hydrogen-bond donors (Lipinski definition) is 1. The fourth-order valence-electron chi connectivity index (χ4n) is 0.250. The van der Waals surface area contributed by atoms with Crippen LogP contribution in [-0.4, -0.2) is 21.5 Å². The van der Waals surface area contributed by atoms with Crippen molar-refractivity contribution < 1.29 is 17.3 Å². The topological polar surface area (TPSA) is 46.5 Å². The predicted octanol–water partition coefficient (Wildman–Crippen LogP) is 0.888. The van der Waals surface area contributed by atoms with Gasteiger partial charge in [0.1, 0.15) is 6.17 Å². The van der Waals surface area contributed by atoms with Gasteiger partial charge in [-0.25, -0.2) is 4.39 Å². The lowest BCUT2D eigenvalue weighted by molar-refractivity contribution is 0.193. The van der Waals surface area contributed by atoms with Crippen LogP contribution in [0, 0.1) is 0 Å². The third kappa shape index (κ3) is 5.88. The monoisotopic (exact) mass is 156 g/mol. The third-order valence-electron chi connectivity index (χ3n) is 0.793. The first-order chi connectivity index (χ1) is 4.16. The van der Waals surface area contributed by atoms with Gasteiger partial charge in [-0.05, 0) is 6.42 Å². The molecule has 3 nitrogen and oxygen atoms in total. The van der Waals surface area contributed by atoms with Crippen molar-refractivity contribution in [3.63, 3.8) is 0 Å². The van der Waals surface area contributed by atoms with Gasteiger partial charge in [0, 0.05) is 0 Å².